The second-order valence-corrected chi connectivity index (χ2v) is 5.51. The first-order valence-corrected chi connectivity index (χ1v) is 6.29. The van der Waals surface area contributed by atoms with Gasteiger partial charge in [-0.3, -0.25) is 4.72 Å². The summed E-state index contributed by atoms with van der Waals surface area (Å²) >= 11 is 8.67. The third kappa shape index (κ3) is 3.29. The molecule has 15 heavy (non-hydrogen) atoms. The van der Waals surface area contributed by atoms with Crippen molar-refractivity contribution in [1.29, 1.82) is 0 Å². The van der Waals surface area contributed by atoms with E-state index in [1.165, 1.54) is 12.1 Å². The fourth-order valence-electron chi connectivity index (χ4n) is 0.774. The highest BCUT2D eigenvalue weighted by Crippen LogP contribution is 2.27. The second kappa shape index (κ2) is 4.63. The normalized spacial score (nSPS) is 11.8. The molecule has 0 unspecified atom stereocenters. The van der Waals surface area contributed by atoms with Crippen molar-refractivity contribution in [2.45, 2.75) is 5.76 Å². The molecule has 0 aliphatic rings. The van der Waals surface area contributed by atoms with Crippen LogP contribution in [0.25, 0.3) is 0 Å². The molecule has 1 N–H and O–H groups in total. The van der Waals surface area contributed by atoms with E-state index in [9.17, 15) is 17.2 Å². The fourth-order valence-corrected chi connectivity index (χ4v) is 1.92. The Balaban J connectivity index is 3.05. The van der Waals surface area contributed by atoms with E-state index in [1.54, 1.807) is 10.8 Å². The van der Waals surface area contributed by atoms with Crippen LogP contribution >= 0.6 is 27.5 Å². The highest BCUT2D eigenvalue weighted by molar-refractivity contribution is 9.10. The van der Waals surface area contributed by atoms with Gasteiger partial charge in [-0.15, -0.1) is 0 Å². The number of sulfonamides is 1. The molecule has 3 nitrogen and oxygen atoms in total. The predicted molar refractivity (Wildman–Crippen MR) is 57.7 cm³/mol. The highest BCUT2D eigenvalue weighted by atomic mass is 79.9. The van der Waals surface area contributed by atoms with Crippen molar-refractivity contribution in [2.75, 3.05) is 4.72 Å². The molecule has 0 heterocycles. The molecule has 0 fully saturated rings. The van der Waals surface area contributed by atoms with Gasteiger partial charge in [-0.05, 0) is 18.2 Å². The largest absolute Gasteiger partial charge is 0.355 e. The van der Waals surface area contributed by atoms with Gasteiger partial charge in [0.25, 0.3) is 10.0 Å². The van der Waals surface area contributed by atoms with E-state index >= 15 is 0 Å². The monoisotopic (exact) mass is 319 g/mol. The summed E-state index contributed by atoms with van der Waals surface area (Å²) in [6.07, 6.45) is 0. The van der Waals surface area contributed by atoms with Crippen molar-refractivity contribution < 1.29 is 17.2 Å². The SMILES string of the molecule is O=S(=O)(Nc1cc(Br)ccc1Cl)C(F)F. The molecular formula is C7H5BrClF2NO2S. The fraction of sp³-hybridized carbons (Fsp3) is 0.143. The molecule has 0 aliphatic carbocycles. The zero-order valence-corrected chi connectivity index (χ0v) is 10.2. The summed E-state index contributed by atoms with van der Waals surface area (Å²) in [5.74, 6) is -3.49. The van der Waals surface area contributed by atoms with E-state index in [2.05, 4.69) is 15.9 Å². The Hall–Kier alpha value is -0.400. The summed E-state index contributed by atoms with van der Waals surface area (Å²) in [6, 6.07) is 4.24. The lowest BCUT2D eigenvalue weighted by Gasteiger charge is -2.08. The van der Waals surface area contributed by atoms with Gasteiger partial charge in [0.15, 0.2) is 0 Å². The molecule has 8 heteroatoms. The predicted octanol–water partition coefficient (Wildman–Crippen LogP) is 3.07. The minimum atomic E-state index is -4.68. The first-order chi connectivity index (χ1) is 6.83. The average Bonchev–Trinajstić information content (AvgIpc) is 2.10. The summed E-state index contributed by atoms with van der Waals surface area (Å²) in [4.78, 5) is 0. The second-order valence-electron chi connectivity index (χ2n) is 2.53. The van der Waals surface area contributed by atoms with E-state index in [0.29, 0.717) is 4.47 Å². The average molecular weight is 321 g/mol. The number of benzene rings is 1. The highest BCUT2D eigenvalue weighted by Gasteiger charge is 2.24. The molecule has 0 aromatic heterocycles. The molecule has 84 valence electrons. The van der Waals surface area contributed by atoms with Gasteiger partial charge in [0.05, 0.1) is 10.7 Å². The first kappa shape index (κ1) is 12.7. The topological polar surface area (TPSA) is 46.2 Å². The Bertz CT molecular complexity index is 466. The van der Waals surface area contributed by atoms with Crippen LogP contribution in [-0.4, -0.2) is 14.2 Å². The molecule has 0 aliphatic heterocycles. The van der Waals surface area contributed by atoms with Crippen LogP contribution in [0.5, 0.6) is 0 Å². The smallest absolute Gasteiger partial charge is 0.277 e. The maximum atomic E-state index is 12.0. The molecule has 0 bridgehead atoms. The van der Waals surface area contributed by atoms with Gasteiger partial charge < -0.3 is 0 Å². The van der Waals surface area contributed by atoms with E-state index < -0.39 is 15.8 Å². The molecule has 0 spiro atoms. The summed E-state index contributed by atoms with van der Waals surface area (Å²) in [5, 5.41) is 0.0439. The van der Waals surface area contributed by atoms with Crippen LogP contribution < -0.4 is 4.72 Å². The Labute approximate surface area is 98.6 Å². The van der Waals surface area contributed by atoms with E-state index in [-0.39, 0.29) is 10.7 Å². The van der Waals surface area contributed by atoms with Crippen molar-refractivity contribution in [3.63, 3.8) is 0 Å². The molecule has 1 aromatic rings. The number of nitrogens with one attached hydrogen (secondary N) is 1. The van der Waals surface area contributed by atoms with Crippen molar-refractivity contribution in [1.82, 2.24) is 0 Å². The van der Waals surface area contributed by atoms with Gasteiger partial charge >= 0.3 is 5.76 Å². The molecule has 0 saturated carbocycles. The van der Waals surface area contributed by atoms with E-state index in [4.69, 9.17) is 11.6 Å². The molecular weight excluding hydrogens is 316 g/mol. The molecule has 0 radical (unpaired) electrons. The maximum absolute atomic E-state index is 12.0. The Kier molecular flexibility index (Phi) is 3.91. The molecule has 1 rings (SSSR count). The molecule has 1 aromatic carbocycles. The number of alkyl halides is 2. The van der Waals surface area contributed by atoms with Crippen molar-refractivity contribution in [2.24, 2.45) is 0 Å². The van der Waals surface area contributed by atoms with Crippen LogP contribution in [0.2, 0.25) is 5.02 Å². The van der Waals surface area contributed by atoms with E-state index in [1.807, 2.05) is 0 Å². The Morgan fingerprint density at radius 2 is 2.00 bits per heavy atom. The van der Waals surface area contributed by atoms with E-state index in [0.717, 1.165) is 0 Å². The standard InChI is InChI=1S/C7H5BrClF2NO2S/c8-4-1-2-5(9)6(3-4)12-15(13,14)7(10)11/h1-3,7,12H. The lowest BCUT2D eigenvalue weighted by Crippen LogP contribution is -2.20. The Morgan fingerprint density at radius 1 is 1.40 bits per heavy atom. The lowest BCUT2D eigenvalue weighted by atomic mass is 10.3. The van der Waals surface area contributed by atoms with Crippen LogP contribution in [0.15, 0.2) is 22.7 Å². The summed E-state index contributed by atoms with van der Waals surface area (Å²) in [5.41, 5.74) is -0.0914. The molecule has 0 saturated heterocycles. The molecule has 0 atom stereocenters. The van der Waals surface area contributed by atoms with Crippen LogP contribution in [0.3, 0.4) is 0 Å². The number of hydrogen-bond donors (Lipinski definition) is 1. The van der Waals surface area contributed by atoms with Crippen molar-refractivity contribution in [3.05, 3.63) is 27.7 Å². The number of anilines is 1. The zero-order valence-electron chi connectivity index (χ0n) is 7.05. The summed E-state index contributed by atoms with van der Waals surface area (Å²) in [7, 11) is -4.68. The first-order valence-electron chi connectivity index (χ1n) is 3.58. The Morgan fingerprint density at radius 3 is 2.53 bits per heavy atom. The van der Waals surface area contributed by atoms with Crippen molar-refractivity contribution in [3.8, 4) is 0 Å². The molecule has 0 amide bonds. The minimum absolute atomic E-state index is 0.0439. The summed E-state index contributed by atoms with van der Waals surface area (Å²) < 4.78 is 47.9. The number of rotatable bonds is 3. The van der Waals surface area contributed by atoms with Crippen LogP contribution in [0.1, 0.15) is 0 Å². The van der Waals surface area contributed by atoms with Gasteiger partial charge in [-0.2, -0.15) is 8.78 Å². The van der Waals surface area contributed by atoms with Crippen LogP contribution in [0, 0.1) is 0 Å². The summed E-state index contributed by atoms with van der Waals surface area (Å²) in [6.45, 7) is 0. The van der Waals surface area contributed by atoms with Gasteiger partial charge in [-0.1, -0.05) is 27.5 Å². The zero-order chi connectivity index (χ0) is 11.6. The van der Waals surface area contributed by atoms with Crippen LogP contribution in [0.4, 0.5) is 14.5 Å². The third-order valence-electron chi connectivity index (χ3n) is 1.42. The van der Waals surface area contributed by atoms with Gasteiger partial charge in [0, 0.05) is 4.47 Å². The van der Waals surface area contributed by atoms with Gasteiger partial charge in [0.2, 0.25) is 0 Å². The maximum Gasteiger partial charge on any atom is 0.355 e. The third-order valence-corrected chi connectivity index (χ3v) is 3.21. The lowest BCUT2D eigenvalue weighted by molar-refractivity contribution is 0.236. The number of hydrogen-bond acceptors (Lipinski definition) is 2. The quantitative estimate of drug-likeness (QED) is 0.930. The van der Waals surface area contributed by atoms with Crippen molar-refractivity contribution >= 4 is 43.2 Å². The van der Waals surface area contributed by atoms with Gasteiger partial charge in [-0.25, -0.2) is 8.42 Å². The minimum Gasteiger partial charge on any atom is -0.277 e. The van der Waals surface area contributed by atoms with Gasteiger partial charge in [0.1, 0.15) is 0 Å². The number of halogens is 4. The van der Waals surface area contributed by atoms with Crippen LogP contribution in [-0.2, 0) is 10.0 Å².